The van der Waals surface area contributed by atoms with Crippen molar-refractivity contribution in [3.05, 3.63) is 70.8 Å². The molecule has 122 valence electrons. The van der Waals surface area contributed by atoms with Crippen LogP contribution in [-0.4, -0.2) is 5.97 Å². The van der Waals surface area contributed by atoms with Crippen LogP contribution >= 0.6 is 0 Å². The minimum Gasteiger partial charge on any atom is -0.454 e. The number of ether oxygens (including phenoxy) is 1. The van der Waals surface area contributed by atoms with E-state index < -0.39 is 0 Å². The fraction of sp³-hybridized carbons (Fsp3) is 0.381. The fourth-order valence-corrected chi connectivity index (χ4v) is 2.97. The third-order valence-corrected chi connectivity index (χ3v) is 4.05. The van der Waals surface area contributed by atoms with Crippen molar-refractivity contribution in [2.75, 3.05) is 0 Å². The lowest BCUT2D eigenvalue weighted by molar-refractivity contribution is 0.0335. The van der Waals surface area contributed by atoms with Gasteiger partial charge >= 0.3 is 5.97 Å². The van der Waals surface area contributed by atoms with Gasteiger partial charge in [-0.15, -0.1) is 0 Å². The Labute approximate surface area is 139 Å². The van der Waals surface area contributed by atoms with Gasteiger partial charge in [0.15, 0.2) is 0 Å². The Morgan fingerprint density at radius 3 is 2.26 bits per heavy atom. The number of hydrogen-bond acceptors (Lipinski definition) is 2. The number of rotatable bonds is 4. The van der Waals surface area contributed by atoms with E-state index in [1.54, 1.807) is 0 Å². The minimum atomic E-state index is -0.262. The van der Waals surface area contributed by atoms with Crippen molar-refractivity contribution in [1.29, 1.82) is 0 Å². The van der Waals surface area contributed by atoms with Crippen molar-refractivity contribution in [1.82, 2.24) is 0 Å². The molecule has 2 nitrogen and oxygen atoms in total. The van der Waals surface area contributed by atoms with Crippen LogP contribution in [0.15, 0.2) is 48.5 Å². The quantitative estimate of drug-likeness (QED) is 0.700. The molecule has 0 aromatic heterocycles. The smallest absolute Gasteiger partial charge is 0.339 e. The van der Waals surface area contributed by atoms with Crippen LogP contribution in [0.4, 0.5) is 0 Å². The van der Waals surface area contributed by atoms with Gasteiger partial charge in [-0.05, 0) is 41.5 Å². The highest BCUT2D eigenvalue weighted by Crippen LogP contribution is 2.31. The summed E-state index contributed by atoms with van der Waals surface area (Å²) in [5.41, 5.74) is 3.88. The van der Waals surface area contributed by atoms with Gasteiger partial charge in [-0.1, -0.05) is 70.2 Å². The lowest BCUT2D eigenvalue weighted by atomic mass is 9.80. The molecule has 0 heterocycles. The Hall–Kier alpha value is -2.09. The highest BCUT2D eigenvalue weighted by atomic mass is 16.5. The average Bonchev–Trinajstić information content (AvgIpc) is 2.53. The molecule has 1 unspecified atom stereocenters. The third-order valence-electron chi connectivity index (χ3n) is 4.05. The first-order chi connectivity index (χ1) is 10.8. The fourth-order valence-electron chi connectivity index (χ4n) is 2.97. The second-order valence-corrected chi connectivity index (χ2v) is 6.90. The van der Waals surface area contributed by atoms with E-state index in [0.717, 1.165) is 17.5 Å². The molecule has 0 bridgehead atoms. The molecule has 23 heavy (non-hydrogen) atoms. The first-order valence-electron chi connectivity index (χ1n) is 8.23. The molecule has 0 aliphatic carbocycles. The molecular weight excluding hydrogens is 284 g/mol. The van der Waals surface area contributed by atoms with E-state index in [2.05, 4.69) is 33.8 Å². The van der Waals surface area contributed by atoms with E-state index in [1.165, 1.54) is 5.56 Å². The van der Waals surface area contributed by atoms with Gasteiger partial charge in [0, 0.05) is 0 Å². The van der Waals surface area contributed by atoms with E-state index >= 15 is 0 Å². The van der Waals surface area contributed by atoms with Gasteiger partial charge < -0.3 is 4.74 Å². The first-order valence-corrected chi connectivity index (χ1v) is 8.23. The van der Waals surface area contributed by atoms with Crippen LogP contribution in [0.2, 0.25) is 0 Å². The van der Waals surface area contributed by atoms with Crippen molar-refractivity contribution < 1.29 is 9.53 Å². The molecule has 2 aromatic rings. The van der Waals surface area contributed by atoms with Crippen LogP contribution < -0.4 is 0 Å². The van der Waals surface area contributed by atoms with Gasteiger partial charge in [0.2, 0.25) is 0 Å². The van der Waals surface area contributed by atoms with Crippen molar-refractivity contribution in [2.24, 2.45) is 0 Å². The number of aryl methyl sites for hydroxylation is 1. The Bertz CT molecular complexity index is 666. The molecular formula is C21H26O2. The monoisotopic (exact) mass is 310 g/mol. The molecule has 0 radical (unpaired) electrons. The van der Waals surface area contributed by atoms with Gasteiger partial charge in [0.1, 0.15) is 6.10 Å². The number of carbonyl (C=O) groups excluding carboxylic acids is 1. The summed E-state index contributed by atoms with van der Waals surface area (Å²) < 4.78 is 5.72. The first kappa shape index (κ1) is 17.3. The average molecular weight is 310 g/mol. The Kier molecular flexibility index (Phi) is 5.25. The Morgan fingerprint density at radius 2 is 1.70 bits per heavy atom. The van der Waals surface area contributed by atoms with Gasteiger partial charge in [-0.25, -0.2) is 4.79 Å². The largest absolute Gasteiger partial charge is 0.454 e. The summed E-state index contributed by atoms with van der Waals surface area (Å²) in [7, 11) is 0. The van der Waals surface area contributed by atoms with E-state index in [9.17, 15) is 4.79 Å². The van der Waals surface area contributed by atoms with Crippen molar-refractivity contribution >= 4 is 5.97 Å². The predicted molar refractivity (Wildman–Crippen MR) is 94.8 cm³/mol. The Balaban J connectivity index is 2.33. The van der Waals surface area contributed by atoms with Crippen molar-refractivity contribution in [3.63, 3.8) is 0 Å². The third kappa shape index (κ3) is 4.01. The summed E-state index contributed by atoms with van der Waals surface area (Å²) in [6, 6.07) is 15.7. The molecule has 0 spiro atoms. The second kappa shape index (κ2) is 6.99. The molecule has 0 saturated carbocycles. The summed E-state index contributed by atoms with van der Waals surface area (Å²) in [5.74, 6) is -0.249. The summed E-state index contributed by atoms with van der Waals surface area (Å²) in [6.07, 6.45) is 0.643. The molecule has 0 aliphatic heterocycles. The van der Waals surface area contributed by atoms with E-state index in [0.29, 0.717) is 5.56 Å². The van der Waals surface area contributed by atoms with E-state index in [4.69, 9.17) is 4.74 Å². The summed E-state index contributed by atoms with van der Waals surface area (Å²) >= 11 is 0. The maximum Gasteiger partial charge on any atom is 0.339 e. The van der Waals surface area contributed by atoms with Gasteiger partial charge in [0.05, 0.1) is 5.56 Å². The van der Waals surface area contributed by atoms with Crippen LogP contribution in [0.25, 0.3) is 0 Å². The zero-order valence-electron chi connectivity index (χ0n) is 14.7. The van der Waals surface area contributed by atoms with Crippen molar-refractivity contribution in [3.8, 4) is 0 Å². The number of carbonyl (C=O) groups is 1. The van der Waals surface area contributed by atoms with Crippen molar-refractivity contribution in [2.45, 2.75) is 52.6 Å². The molecule has 0 N–H and O–H groups in total. The lowest BCUT2D eigenvalue weighted by Gasteiger charge is -2.26. The van der Waals surface area contributed by atoms with Crippen LogP contribution in [-0.2, 0) is 16.6 Å². The molecule has 0 fully saturated rings. The number of hydrogen-bond donors (Lipinski definition) is 0. The number of esters is 1. The predicted octanol–water partition coefficient (Wildman–Crippen LogP) is 5.46. The lowest BCUT2D eigenvalue weighted by Crippen LogP contribution is -2.21. The van der Waals surface area contributed by atoms with Gasteiger partial charge in [-0.2, -0.15) is 0 Å². The molecule has 2 heteroatoms. The molecule has 0 aliphatic rings. The van der Waals surface area contributed by atoms with E-state index in [-0.39, 0.29) is 17.5 Å². The maximum absolute atomic E-state index is 12.7. The topological polar surface area (TPSA) is 26.3 Å². The van der Waals surface area contributed by atoms with Crippen LogP contribution in [0, 0.1) is 0 Å². The minimum absolute atomic E-state index is 0.100. The molecule has 2 aromatic carbocycles. The standard InChI is InChI=1S/C21H26O2/c1-6-16-13-10-14-18(19(16)21(3,4)5)20(22)23-15(2)17-11-8-7-9-12-17/h7-15H,6H2,1-5H3. The highest BCUT2D eigenvalue weighted by molar-refractivity contribution is 5.92. The van der Waals surface area contributed by atoms with Crippen LogP contribution in [0.5, 0.6) is 0 Å². The zero-order valence-corrected chi connectivity index (χ0v) is 14.7. The highest BCUT2D eigenvalue weighted by Gasteiger charge is 2.26. The van der Waals surface area contributed by atoms with E-state index in [1.807, 2.05) is 49.4 Å². The maximum atomic E-state index is 12.7. The van der Waals surface area contributed by atoms with Gasteiger partial charge in [-0.3, -0.25) is 0 Å². The Morgan fingerprint density at radius 1 is 1.04 bits per heavy atom. The summed E-state index contributed by atoms with van der Waals surface area (Å²) in [4.78, 5) is 12.7. The zero-order chi connectivity index (χ0) is 17.0. The molecule has 0 saturated heterocycles. The van der Waals surface area contributed by atoms with Crippen LogP contribution in [0.3, 0.4) is 0 Å². The number of benzene rings is 2. The molecule has 2 rings (SSSR count). The SMILES string of the molecule is CCc1cccc(C(=O)OC(C)c2ccccc2)c1C(C)(C)C. The molecule has 1 atom stereocenters. The molecule has 0 amide bonds. The summed E-state index contributed by atoms with van der Waals surface area (Å²) in [6.45, 7) is 10.4. The second-order valence-electron chi connectivity index (χ2n) is 6.90. The van der Waals surface area contributed by atoms with Gasteiger partial charge in [0.25, 0.3) is 0 Å². The summed E-state index contributed by atoms with van der Waals surface area (Å²) in [5, 5.41) is 0. The normalized spacial score (nSPS) is 12.7. The van der Waals surface area contributed by atoms with Crippen LogP contribution in [0.1, 0.15) is 67.8 Å².